The van der Waals surface area contributed by atoms with Crippen LogP contribution < -0.4 is 19.6 Å². The molecule has 0 aliphatic rings. The summed E-state index contributed by atoms with van der Waals surface area (Å²) >= 11 is 0. The fourth-order valence-corrected chi connectivity index (χ4v) is 2.53. The van der Waals surface area contributed by atoms with Crippen molar-refractivity contribution in [2.75, 3.05) is 5.32 Å². The maximum Gasteiger partial charge on any atom is 0.419 e. The molecule has 0 aliphatic carbocycles. The number of halogens is 6. The molecule has 3 aromatic rings. The molecule has 168 valence electrons. The van der Waals surface area contributed by atoms with E-state index >= 15 is 0 Å². The number of hydrogen-bond acceptors (Lipinski definition) is 5. The van der Waals surface area contributed by atoms with E-state index in [1.165, 1.54) is 0 Å². The molecule has 32 heavy (non-hydrogen) atoms. The first kappa shape index (κ1) is 22.7. The number of amides is 1. The molecule has 2 aromatic carbocycles. The highest BCUT2D eigenvalue weighted by molar-refractivity contribution is 6.06. The van der Waals surface area contributed by atoms with E-state index < -0.39 is 41.4 Å². The number of nitrogens with zero attached hydrogens (tertiary/aromatic N) is 2. The van der Waals surface area contributed by atoms with Gasteiger partial charge in [0, 0.05) is 5.10 Å². The Morgan fingerprint density at radius 2 is 1.72 bits per heavy atom. The number of aromatic nitrogens is 2. The normalized spacial score (nSPS) is 11.3. The lowest BCUT2D eigenvalue weighted by molar-refractivity contribution is -0.668. The molecule has 1 aromatic heterocycles. The lowest BCUT2D eigenvalue weighted by Crippen LogP contribution is -2.30. The molecule has 3 rings (SSSR count). The monoisotopic (exact) mass is 459 g/mol. The molecule has 0 unspecified atom stereocenters. The van der Waals surface area contributed by atoms with Crippen LogP contribution in [0, 0.1) is 11.0 Å². The van der Waals surface area contributed by atoms with E-state index in [-0.39, 0.29) is 22.0 Å². The number of rotatable bonds is 6. The molecule has 1 heterocycles. The Kier molecular flexibility index (Phi) is 6.37. The highest BCUT2D eigenvalue weighted by Gasteiger charge is 2.37. The number of carbonyl (C=O) groups excluding carboxylic acids is 1. The van der Waals surface area contributed by atoms with Crippen molar-refractivity contribution in [3.05, 3.63) is 77.0 Å². The fourth-order valence-electron chi connectivity index (χ4n) is 2.53. The SMILES string of the molecule is O=C(Nc1ccn[n+]([O-])c1)c1c(Oc2ccc(OC(F)F)cc2)ccc(C(F)(F)F)c1F. The van der Waals surface area contributed by atoms with Gasteiger partial charge in [0.15, 0.2) is 5.82 Å². The van der Waals surface area contributed by atoms with Crippen molar-refractivity contribution >= 4 is 11.6 Å². The molecule has 0 saturated carbocycles. The average molecular weight is 459 g/mol. The van der Waals surface area contributed by atoms with Crippen LogP contribution in [-0.4, -0.2) is 17.6 Å². The molecule has 0 fully saturated rings. The van der Waals surface area contributed by atoms with Gasteiger partial charge in [-0.2, -0.15) is 22.0 Å². The number of anilines is 1. The average Bonchev–Trinajstić information content (AvgIpc) is 2.68. The Morgan fingerprint density at radius 1 is 1.06 bits per heavy atom. The van der Waals surface area contributed by atoms with Gasteiger partial charge >= 0.3 is 12.8 Å². The van der Waals surface area contributed by atoms with Gasteiger partial charge in [0.25, 0.3) is 5.91 Å². The Morgan fingerprint density at radius 3 is 2.31 bits per heavy atom. The van der Waals surface area contributed by atoms with Gasteiger partial charge in [-0.1, -0.05) is 4.85 Å². The van der Waals surface area contributed by atoms with Crippen molar-refractivity contribution in [1.82, 2.24) is 5.10 Å². The number of benzene rings is 2. The number of nitrogens with one attached hydrogen (secondary N) is 1. The molecule has 1 N–H and O–H groups in total. The predicted molar refractivity (Wildman–Crippen MR) is 95.7 cm³/mol. The first-order chi connectivity index (χ1) is 15.0. The van der Waals surface area contributed by atoms with E-state index in [0.29, 0.717) is 6.07 Å². The van der Waals surface area contributed by atoms with Gasteiger partial charge in [-0.3, -0.25) is 4.79 Å². The number of carbonyl (C=O) groups is 1. The summed E-state index contributed by atoms with van der Waals surface area (Å²) < 4.78 is 88.1. The second-order valence-electron chi connectivity index (χ2n) is 6.02. The standard InChI is InChI=1S/C19H11F6N3O4/c20-16-13(19(23,24)25)5-6-14(31-11-1-3-12(4-2-11)32-18(21)22)15(16)17(29)27-10-7-8-26-28(30)9-10/h1-9,18H,(H,27,29). The van der Waals surface area contributed by atoms with Crippen LogP contribution in [0.1, 0.15) is 15.9 Å². The lowest BCUT2D eigenvalue weighted by Gasteiger charge is -2.16. The minimum Gasteiger partial charge on any atom is -0.594 e. The molecule has 0 aliphatic heterocycles. The number of ether oxygens (including phenoxy) is 2. The van der Waals surface area contributed by atoms with Crippen molar-refractivity contribution in [3.8, 4) is 17.2 Å². The quantitative estimate of drug-likeness (QED) is 0.333. The van der Waals surface area contributed by atoms with E-state index in [0.717, 1.165) is 48.8 Å². The Labute approximate surface area is 175 Å². The van der Waals surface area contributed by atoms with Crippen LogP contribution >= 0.6 is 0 Å². The van der Waals surface area contributed by atoms with Gasteiger partial charge in [0.1, 0.15) is 28.5 Å². The van der Waals surface area contributed by atoms with Gasteiger partial charge in [0.2, 0.25) is 6.20 Å². The van der Waals surface area contributed by atoms with Crippen LogP contribution in [0.15, 0.2) is 54.9 Å². The van der Waals surface area contributed by atoms with Crippen LogP contribution in [0.5, 0.6) is 17.2 Å². The van der Waals surface area contributed by atoms with Gasteiger partial charge in [-0.05, 0) is 42.5 Å². The van der Waals surface area contributed by atoms with E-state index in [9.17, 15) is 36.3 Å². The van der Waals surface area contributed by atoms with Crippen LogP contribution in [0.4, 0.5) is 32.0 Å². The van der Waals surface area contributed by atoms with E-state index in [1.54, 1.807) is 0 Å². The van der Waals surface area contributed by atoms with Crippen LogP contribution in [-0.2, 0) is 6.18 Å². The van der Waals surface area contributed by atoms with Gasteiger partial charge in [-0.25, -0.2) is 4.39 Å². The van der Waals surface area contributed by atoms with Crippen molar-refractivity contribution < 1.29 is 45.5 Å². The molecule has 7 nitrogen and oxygen atoms in total. The van der Waals surface area contributed by atoms with Gasteiger partial charge in [0.05, 0.1) is 11.8 Å². The van der Waals surface area contributed by atoms with Crippen molar-refractivity contribution in [2.45, 2.75) is 12.8 Å². The zero-order chi connectivity index (χ0) is 23.5. The topological polar surface area (TPSA) is 87.4 Å². The molecular weight excluding hydrogens is 448 g/mol. The smallest absolute Gasteiger partial charge is 0.419 e. The van der Waals surface area contributed by atoms with Gasteiger partial charge < -0.3 is 20.0 Å². The van der Waals surface area contributed by atoms with E-state index in [4.69, 9.17) is 4.74 Å². The van der Waals surface area contributed by atoms with Crippen LogP contribution in [0.3, 0.4) is 0 Å². The molecule has 0 radical (unpaired) electrons. The Bertz CT molecular complexity index is 1120. The lowest BCUT2D eigenvalue weighted by atomic mass is 10.1. The fraction of sp³-hybridized carbons (Fsp3) is 0.105. The molecule has 1 amide bonds. The van der Waals surface area contributed by atoms with Crippen LogP contribution in [0.25, 0.3) is 0 Å². The third-order valence-corrected chi connectivity index (χ3v) is 3.85. The van der Waals surface area contributed by atoms with Crippen molar-refractivity contribution in [1.29, 1.82) is 0 Å². The highest BCUT2D eigenvalue weighted by atomic mass is 19.4. The Balaban J connectivity index is 1.98. The summed E-state index contributed by atoms with van der Waals surface area (Å²) in [4.78, 5) is 12.6. The zero-order valence-electron chi connectivity index (χ0n) is 15.6. The summed E-state index contributed by atoms with van der Waals surface area (Å²) in [5.74, 6) is -4.19. The summed E-state index contributed by atoms with van der Waals surface area (Å²) in [7, 11) is 0. The third-order valence-electron chi connectivity index (χ3n) is 3.85. The van der Waals surface area contributed by atoms with Crippen LogP contribution in [0.2, 0.25) is 0 Å². The van der Waals surface area contributed by atoms with Crippen molar-refractivity contribution in [2.24, 2.45) is 0 Å². The minimum atomic E-state index is -5.11. The maximum atomic E-state index is 14.7. The molecule has 0 saturated heterocycles. The third kappa shape index (κ3) is 5.36. The first-order valence-electron chi connectivity index (χ1n) is 8.54. The maximum absolute atomic E-state index is 14.7. The molecule has 13 heteroatoms. The Hall–Kier alpha value is -4.03. The van der Waals surface area contributed by atoms with E-state index in [2.05, 4.69) is 15.2 Å². The summed E-state index contributed by atoms with van der Waals surface area (Å²) in [6.45, 7) is -3.08. The molecule has 0 atom stereocenters. The van der Waals surface area contributed by atoms with Gasteiger partial charge in [-0.15, -0.1) is 0 Å². The summed E-state index contributed by atoms with van der Waals surface area (Å²) in [6.07, 6.45) is -3.31. The highest BCUT2D eigenvalue weighted by Crippen LogP contribution is 2.37. The number of hydrogen-bond donors (Lipinski definition) is 1. The summed E-state index contributed by atoms with van der Waals surface area (Å²) in [5, 5.41) is 16.6. The molecular formula is C19H11F6N3O4. The predicted octanol–water partition coefficient (Wildman–Crippen LogP) is 4.52. The summed E-state index contributed by atoms with van der Waals surface area (Å²) in [6, 6.07) is 6.66. The first-order valence-corrected chi connectivity index (χ1v) is 8.54. The van der Waals surface area contributed by atoms with E-state index in [1.807, 2.05) is 0 Å². The summed E-state index contributed by atoms with van der Waals surface area (Å²) in [5.41, 5.74) is -2.98. The molecule has 0 spiro atoms. The largest absolute Gasteiger partial charge is 0.594 e. The second-order valence-corrected chi connectivity index (χ2v) is 6.02. The number of alkyl halides is 5. The zero-order valence-corrected chi connectivity index (χ0v) is 15.6. The second kappa shape index (κ2) is 8.99. The molecule has 0 bridgehead atoms. The van der Waals surface area contributed by atoms with Crippen molar-refractivity contribution in [3.63, 3.8) is 0 Å². The minimum absolute atomic E-state index is 0.0680.